The number of carboxylic acids is 6. The van der Waals surface area contributed by atoms with Gasteiger partial charge in [-0.25, -0.2) is 28.8 Å². The molecule has 0 amide bonds. The van der Waals surface area contributed by atoms with Crippen LogP contribution in [0.25, 0.3) is 0 Å². The van der Waals surface area contributed by atoms with E-state index < -0.39 is 72.4 Å². The van der Waals surface area contributed by atoms with Crippen molar-refractivity contribution in [2.45, 2.75) is 36.6 Å². The molecular formula is C12H21BO18. The lowest BCUT2D eigenvalue weighted by atomic mass is 10.2. The van der Waals surface area contributed by atoms with E-state index in [1.54, 1.807) is 0 Å². The molecule has 0 fully saturated rings. The quantitative estimate of drug-likeness (QED) is 0.141. The number of rotatable bonds is 9. The van der Waals surface area contributed by atoms with Gasteiger partial charge in [-0.3, -0.25) is 0 Å². The molecule has 12 N–H and O–H groups in total. The lowest BCUT2D eigenvalue weighted by Crippen LogP contribution is -2.39. The molecule has 6 unspecified atom stereocenters. The van der Waals surface area contributed by atoms with Crippen LogP contribution in [0.3, 0.4) is 0 Å². The molecular weight excluding hydrogens is 443 g/mol. The Hall–Kier alpha value is -3.36. The van der Waals surface area contributed by atoms with Gasteiger partial charge in [-0.15, -0.1) is 0 Å². The molecule has 0 aromatic carbocycles. The van der Waals surface area contributed by atoms with Crippen molar-refractivity contribution in [3.8, 4) is 0 Å². The van der Waals surface area contributed by atoms with Gasteiger partial charge >= 0.3 is 35.8 Å². The lowest BCUT2D eigenvalue weighted by molar-refractivity contribution is -0.165. The van der Waals surface area contributed by atoms with E-state index >= 15 is 0 Å². The largest absolute Gasteiger partial charge is 0.479 e. The van der Waals surface area contributed by atoms with Gasteiger partial charge in [0, 0.05) is 0 Å². The molecule has 0 aliphatic carbocycles. The molecule has 0 spiro atoms. The molecule has 0 radical (unpaired) electrons. The molecule has 0 rings (SSSR count). The smallest absolute Gasteiger partial charge is 0.335 e. The zero-order valence-corrected chi connectivity index (χ0v) is 14.3. The normalized spacial score (nSPS) is 15.3. The van der Waals surface area contributed by atoms with Crippen molar-refractivity contribution >= 4 is 44.2 Å². The predicted molar refractivity (Wildman–Crippen MR) is 91.8 cm³/mol. The molecule has 0 aromatic heterocycles. The minimum Gasteiger partial charge on any atom is -0.479 e. The summed E-state index contributed by atoms with van der Waals surface area (Å²) in [5.41, 5.74) is 0. The second kappa shape index (κ2) is 16.4. The zero-order chi connectivity index (χ0) is 24.9. The van der Waals surface area contributed by atoms with E-state index in [4.69, 9.17) is 61.3 Å². The van der Waals surface area contributed by atoms with E-state index in [-0.39, 0.29) is 8.41 Å². The fraction of sp³-hybridized carbons (Fsp3) is 0.500. The molecule has 0 saturated carbocycles. The van der Waals surface area contributed by atoms with Crippen molar-refractivity contribution in [2.24, 2.45) is 0 Å². The molecule has 0 aliphatic rings. The van der Waals surface area contributed by atoms with E-state index in [1.165, 1.54) is 0 Å². The summed E-state index contributed by atoms with van der Waals surface area (Å²) in [6, 6.07) is 0. The molecule has 0 aliphatic heterocycles. The van der Waals surface area contributed by atoms with E-state index in [2.05, 4.69) is 0 Å². The van der Waals surface area contributed by atoms with Gasteiger partial charge in [0.05, 0.1) is 8.41 Å². The van der Waals surface area contributed by atoms with Crippen LogP contribution in [0.4, 0.5) is 0 Å². The average Bonchev–Trinajstić information content (AvgIpc) is 2.64. The number of carboxylic acid groups (broad SMARTS) is 6. The summed E-state index contributed by atoms with van der Waals surface area (Å²) in [6.07, 6.45) is -13.6. The summed E-state index contributed by atoms with van der Waals surface area (Å²) in [4.78, 5) is 58.6. The molecule has 31 heavy (non-hydrogen) atoms. The zero-order valence-electron chi connectivity index (χ0n) is 14.3. The minimum atomic E-state index is -2.27. The lowest BCUT2D eigenvalue weighted by Gasteiger charge is -2.07. The van der Waals surface area contributed by atoms with Crippen LogP contribution in [-0.2, 0) is 28.8 Å². The van der Waals surface area contributed by atoms with E-state index in [0.717, 1.165) is 0 Å². The summed E-state index contributed by atoms with van der Waals surface area (Å²) in [6.45, 7) is 0. The molecule has 180 valence electrons. The van der Waals surface area contributed by atoms with Crippen LogP contribution >= 0.6 is 0 Å². The molecule has 0 bridgehead atoms. The van der Waals surface area contributed by atoms with Gasteiger partial charge in [0.15, 0.2) is 36.6 Å². The number of aliphatic carboxylic acids is 6. The Morgan fingerprint density at radius 2 is 0.387 bits per heavy atom. The Kier molecular flexibility index (Phi) is 18.6. The van der Waals surface area contributed by atoms with Crippen LogP contribution < -0.4 is 0 Å². The Morgan fingerprint density at radius 1 is 0.323 bits per heavy atom. The van der Waals surface area contributed by atoms with Crippen LogP contribution in [0.15, 0.2) is 0 Å². The molecule has 0 saturated heterocycles. The third-order valence-electron chi connectivity index (χ3n) is 2.42. The molecule has 0 heterocycles. The first-order chi connectivity index (χ1) is 13.4. The van der Waals surface area contributed by atoms with Crippen LogP contribution in [0.2, 0.25) is 0 Å². The first-order valence-corrected chi connectivity index (χ1v) is 6.85. The second-order valence-electron chi connectivity index (χ2n) is 4.70. The van der Waals surface area contributed by atoms with Gasteiger partial charge in [0.2, 0.25) is 0 Å². The maximum Gasteiger partial charge on any atom is 0.335 e. The highest BCUT2D eigenvalue weighted by atomic mass is 16.5. The molecule has 19 heteroatoms. The number of carbonyl (C=O) groups is 6. The third kappa shape index (κ3) is 15.2. The van der Waals surface area contributed by atoms with Gasteiger partial charge < -0.3 is 61.3 Å². The molecule has 0 aromatic rings. The third-order valence-corrected chi connectivity index (χ3v) is 2.42. The highest BCUT2D eigenvalue weighted by Gasteiger charge is 2.30. The fourth-order valence-electron chi connectivity index (χ4n) is 0.810. The molecule has 6 atom stereocenters. The van der Waals surface area contributed by atoms with Crippen LogP contribution in [0, 0.1) is 0 Å². The van der Waals surface area contributed by atoms with Crippen LogP contribution in [0.1, 0.15) is 0 Å². The highest BCUT2D eigenvalue weighted by Crippen LogP contribution is 1.94. The number of aliphatic hydroxyl groups is 6. The molecule has 18 nitrogen and oxygen atoms in total. The van der Waals surface area contributed by atoms with E-state index in [9.17, 15) is 28.8 Å². The SMILES string of the molecule is B.O=C(O)C(O)C(O)C(=O)O.O=C(O)C(O)C(O)C(=O)O.O=C(O)C(O)C(O)C(=O)O. The van der Waals surface area contributed by atoms with Gasteiger partial charge in [-0.1, -0.05) is 0 Å². The average molecular weight is 464 g/mol. The second-order valence-corrected chi connectivity index (χ2v) is 4.70. The maximum atomic E-state index is 9.77. The highest BCUT2D eigenvalue weighted by molar-refractivity contribution is 5.84. The number of aliphatic hydroxyl groups excluding tert-OH is 6. The van der Waals surface area contributed by atoms with Crippen LogP contribution in [0.5, 0.6) is 0 Å². The summed E-state index contributed by atoms with van der Waals surface area (Å²) < 4.78 is 0. The standard InChI is InChI=1S/3C4H6O6.BH3/c3*5-1(3(7)8)2(6)4(9)10;/h3*1-2,5-6H,(H,7,8)(H,9,10);1H3. The van der Waals surface area contributed by atoms with Gasteiger partial charge in [0.25, 0.3) is 0 Å². The van der Waals surface area contributed by atoms with E-state index in [0.29, 0.717) is 0 Å². The number of hydrogen-bond donors (Lipinski definition) is 12. The Labute approximate surface area is 172 Å². The van der Waals surface area contributed by atoms with E-state index in [1.807, 2.05) is 0 Å². The summed E-state index contributed by atoms with van der Waals surface area (Å²) in [5.74, 6) is -10.6. The van der Waals surface area contributed by atoms with Crippen molar-refractivity contribution in [1.29, 1.82) is 0 Å². The van der Waals surface area contributed by atoms with Gasteiger partial charge in [0.1, 0.15) is 0 Å². The number of hydrogen-bond acceptors (Lipinski definition) is 12. The maximum absolute atomic E-state index is 9.77. The Balaban J connectivity index is -0.000000174. The topological polar surface area (TPSA) is 345 Å². The van der Waals surface area contributed by atoms with Crippen LogP contribution in [-0.4, -0.2) is 142 Å². The Morgan fingerprint density at radius 3 is 0.419 bits per heavy atom. The Bertz CT molecular complexity index is 493. The summed E-state index contributed by atoms with van der Waals surface area (Å²) >= 11 is 0. The first-order valence-electron chi connectivity index (χ1n) is 6.85. The minimum absolute atomic E-state index is 0. The van der Waals surface area contributed by atoms with Gasteiger partial charge in [-0.2, -0.15) is 0 Å². The first kappa shape index (κ1) is 35.1. The summed E-state index contributed by atoms with van der Waals surface area (Å²) in [7, 11) is 0. The van der Waals surface area contributed by atoms with Crippen molar-refractivity contribution in [3.63, 3.8) is 0 Å². The van der Waals surface area contributed by atoms with Gasteiger partial charge in [-0.05, 0) is 0 Å². The van der Waals surface area contributed by atoms with Crippen molar-refractivity contribution in [3.05, 3.63) is 0 Å². The van der Waals surface area contributed by atoms with Crippen molar-refractivity contribution in [2.75, 3.05) is 0 Å². The predicted octanol–water partition coefficient (Wildman–Crippen LogP) is -7.55. The van der Waals surface area contributed by atoms with Crippen molar-refractivity contribution < 1.29 is 90.0 Å². The van der Waals surface area contributed by atoms with Crippen molar-refractivity contribution in [1.82, 2.24) is 0 Å². The monoisotopic (exact) mass is 464 g/mol. The fourth-order valence-corrected chi connectivity index (χ4v) is 0.810. The summed E-state index contributed by atoms with van der Waals surface area (Å²) in [5, 5.41) is 97.6.